The van der Waals surface area contributed by atoms with Gasteiger partial charge in [0.2, 0.25) is 0 Å². The monoisotopic (exact) mass is 293 g/mol. The van der Waals surface area contributed by atoms with Gasteiger partial charge in [-0.2, -0.15) is 0 Å². The molecule has 1 aromatic rings. The molecule has 2 atom stereocenters. The minimum Gasteiger partial charge on any atom is -0.492 e. The number of hydrogen-bond acceptors (Lipinski definition) is 4. The van der Waals surface area contributed by atoms with Crippen molar-refractivity contribution in [1.82, 2.24) is 4.98 Å². The van der Waals surface area contributed by atoms with Gasteiger partial charge in [-0.25, -0.2) is 0 Å². The lowest BCUT2D eigenvalue weighted by molar-refractivity contribution is -0.0740. The summed E-state index contributed by atoms with van der Waals surface area (Å²) in [5.41, 5.74) is 0.782. The molecule has 1 fully saturated rings. The molecule has 0 bridgehead atoms. The van der Waals surface area contributed by atoms with Gasteiger partial charge < -0.3 is 14.6 Å². The lowest BCUT2D eigenvalue weighted by Gasteiger charge is -2.33. The van der Waals surface area contributed by atoms with Gasteiger partial charge in [0, 0.05) is 18.4 Å². The van der Waals surface area contributed by atoms with Gasteiger partial charge in [-0.05, 0) is 38.7 Å². The average Bonchev–Trinajstić information content (AvgIpc) is 2.53. The first-order chi connectivity index (χ1) is 10.3. The van der Waals surface area contributed by atoms with Crippen molar-refractivity contribution < 1.29 is 14.6 Å². The number of aliphatic hydroxyl groups is 1. The van der Waals surface area contributed by atoms with Crippen LogP contribution in [0.1, 0.15) is 57.6 Å². The third-order valence-corrected chi connectivity index (χ3v) is 4.17. The fourth-order valence-electron chi connectivity index (χ4n) is 3.17. The van der Waals surface area contributed by atoms with Crippen LogP contribution in [0.15, 0.2) is 18.5 Å². The van der Waals surface area contributed by atoms with E-state index >= 15 is 0 Å². The van der Waals surface area contributed by atoms with Crippen LogP contribution in [0.25, 0.3) is 0 Å². The van der Waals surface area contributed by atoms with E-state index < -0.39 is 6.10 Å². The molecule has 1 N–H and O–H groups in total. The molecule has 2 unspecified atom stereocenters. The third kappa shape index (κ3) is 4.42. The minimum absolute atomic E-state index is 0.144. The Balaban J connectivity index is 2.12. The first kappa shape index (κ1) is 16.2. The molecule has 1 aromatic heterocycles. The highest BCUT2D eigenvalue weighted by atomic mass is 16.5. The number of hydrogen-bond donors (Lipinski definition) is 1. The van der Waals surface area contributed by atoms with Crippen molar-refractivity contribution in [1.29, 1.82) is 0 Å². The summed E-state index contributed by atoms with van der Waals surface area (Å²) in [5.74, 6) is 1.14. The zero-order chi connectivity index (χ0) is 15.1. The number of pyridine rings is 1. The summed E-state index contributed by atoms with van der Waals surface area (Å²) in [6, 6.07) is 1.87. The molecule has 0 saturated heterocycles. The SMILES string of the molecule is CCOc1cncc(C(O)C(OCC)C2CCCCC2)c1. The predicted octanol–water partition coefficient (Wildman–Crippen LogP) is 3.50. The van der Waals surface area contributed by atoms with Crippen LogP contribution < -0.4 is 4.74 Å². The number of nitrogens with zero attached hydrogens (tertiary/aromatic N) is 1. The summed E-state index contributed by atoms with van der Waals surface area (Å²) in [6.07, 6.45) is 8.65. The first-order valence-corrected chi connectivity index (χ1v) is 8.13. The molecule has 1 saturated carbocycles. The van der Waals surface area contributed by atoms with Crippen LogP contribution in [0.3, 0.4) is 0 Å². The van der Waals surface area contributed by atoms with Gasteiger partial charge in [0.05, 0.1) is 18.9 Å². The average molecular weight is 293 g/mol. The summed E-state index contributed by atoms with van der Waals surface area (Å²) >= 11 is 0. The molecule has 0 amide bonds. The van der Waals surface area contributed by atoms with E-state index in [1.165, 1.54) is 19.3 Å². The Morgan fingerprint density at radius 2 is 1.95 bits per heavy atom. The van der Waals surface area contributed by atoms with Gasteiger partial charge in [0.1, 0.15) is 11.9 Å². The molecule has 0 spiro atoms. The van der Waals surface area contributed by atoms with Gasteiger partial charge in [-0.1, -0.05) is 19.3 Å². The Morgan fingerprint density at radius 1 is 1.19 bits per heavy atom. The standard InChI is InChI=1S/C17H27NO3/c1-3-20-15-10-14(11-18-12-15)16(19)17(21-4-2)13-8-6-5-7-9-13/h10-13,16-17,19H,3-9H2,1-2H3. The molecule has 2 rings (SSSR count). The fourth-order valence-corrected chi connectivity index (χ4v) is 3.17. The highest BCUT2D eigenvalue weighted by Gasteiger charge is 2.31. The van der Waals surface area contributed by atoms with Crippen molar-refractivity contribution in [2.45, 2.75) is 58.2 Å². The topological polar surface area (TPSA) is 51.6 Å². The van der Waals surface area contributed by atoms with Crippen LogP contribution in [0.5, 0.6) is 5.75 Å². The highest BCUT2D eigenvalue weighted by molar-refractivity contribution is 5.26. The second kappa shape index (κ2) is 8.35. The Bertz CT molecular complexity index is 418. The quantitative estimate of drug-likeness (QED) is 0.836. The number of aromatic nitrogens is 1. The van der Waals surface area contributed by atoms with Crippen molar-refractivity contribution in [3.8, 4) is 5.75 Å². The molecule has 0 radical (unpaired) electrons. The third-order valence-electron chi connectivity index (χ3n) is 4.17. The van der Waals surface area contributed by atoms with E-state index in [2.05, 4.69) is 4.98 Å². The molecule has 0 aromatic carbocycles. The smallest absolute Gasteiger partial charge is 0.137 e. The number of ether oxygens (including phenoxy) is 2. The van der Waals surface area contributed by atoms with E-state index in [4.69, 9.17) is 9.47 Å². The molecule has 118 valence electrons. The van der Waals surface area contributed by atoms with Crippen LogP contribution in [-0.2, 0) is 4.74 Å². The van der Waals surface area contributed by atoms with Gasteiger partial charge in [0.15, 0.2) is 0 Å². The van der Waals surface area contributed by atoms with Crippen molar-refractivity contribution in [3.63, 3.8) is 0 Å². The molecule has 4 heteroatoms. The van der Waals surface area contributed by atoms with Crippen molar-refractivity contribution in [2.24, 2.45) is 5.92 Å². The molecule has 21 heavy (non-hydrogen) atoms. The number of aliphatic hydroxyl groups excluding tert-OH is 1. The van der Waals surface area contributed by atoms with E-state index in [0.717, 1.165) is 18.4 Å². The largest absolute Gasteiger partial charge is 0.492 e. The summed E-state index contributed by atoms with van der Waals surface area (Å²) in [6.45, 7) is 5.14. The zero-order valence-electron chi connectivity index (χ0n) is 13.1. The van der Waals surface area contributed by atoms with Gasteiger partial charge in [0.25, 0.3) is 0 Å². The van der Waals surface area contributed by atoms with Crippen LogP contribution in [0.4, 0.5) is 0 Å². The molecular weight excluding hydrogens is 266 g/mol. The normalized spacial score (nSPS) is 19.2. The Hall–Kier alpha value is -1.13. The van der Waals surface area contributed by atoms with Crippen LogP contribution in [0, 0.1) is 5.92 Å². The second-order valence-electron chi connectivity index (χ2n) is 5.65. The van der Waals surface area contributed by atoms with E-state index in [9.17, 15) is 5.11 Å². The summed E-state index contributed by atoms with van der Waals surface area (Å²) < 4.78 is 11.3. The van der Waals surface area contributed by atoms with Crippen LogP contribution in [0.2, 0.25) is 0 Å². The lowest BCUT2D eigenvalue weighted by atomic mass is 9.82. The van der Waals surface area contributed by atoms with Crippen molar-refractivity contribution >= 4 is 0 Å². The maximum Gasteiger partial charge on any atom is 0.137 e. The highest BCUT2D eigenvalue weighted by Crippen LogP contribution is 2.34. The van der Waals surface area contributed by atoms with Crippen molar-refractivity contribution in [2.75, 3.05) is 13.2 Å². The van der Waals surface area contributed by atoms with E-state index in [-0.39, 0.29) is 6.10 Å². The summed E-state index contributed by atoms with van der Waals surface area (Å²) in [4.78, 5) is 4.17. The number of rotatable bonds is 7. The second-order valence-corrected chi connectivity index (χ2v) is 5.65. The van der Waals surface area contributed by atoms with Crippen LogP contribution >= 0.6 is 0 Å². The predicted molar refractivity (Wildman–Crippen MR) is 82.4 cm³/mol. The maximum atomic E-state index is 10.7. The molecule has 4 nitrogen and oxygen atoms in total. The molecule has 0 aliphatic heterocycles. The van der Waals surface area contributed by atoms with Gasteiger partial charge >= 0.3 is 0 Å². The summed E-state index contributed by atoms with van der Waals surface area (Å²) in [7, 11) is 0. The summed E-state index contributed by atoms with van der Waals surface area (Å²) in [5, 5.41) is 10.7. The van der Waals surface area contributed by atoms with Crippen molar-refractivity contribution in [3.05, 3.63) is 24.0 Å². The molecular formula is C17H27NO3. The fraction of sp³-hybridized carbons (Fsp3) is 0.706. The van der Waals surface area contributed by atoms with E-state index in [1.807, 2.05) is 19.9 Å². The Kier molecular flexibility index (Phi) is 6.46. The molecule has 1 aliphatic carbocycles. The Labute approximate surface area is 127 Å². The minimum atomic E-state index is -0.638. The Morgan fingerprint density at radius 3 is 2.62 bits per heavy atom. The van der Waals surface area contributed by atoms with Gasteiger partial charge in [-0.3, -0.25) is 4.98 Å². The molecule has 1 aliphatic rings. The van der Waals surface area contributed by atoms with E-state index in [1.54, 1.807) is 12.4 Å². The van der Waals surface area contributed by atoms with Gasteiger partial charge in [-0.15, -0.1) is 0 Å². The molecule has 1 heterocycles. The first-order valence-electron chi connectivity index (χ1n) is 8.13. The van der Waals surface area contributed by atoms with Crippen LogP contribution in [-0.4, -0.2) is 29.4 Å². The lowest BCUT2D eigenvalue weighted by Crippen LogP contribution is -2.32. The zero-order valence-corrected chi connectivity index (χ0v) is 13.1. The van der Waals surface area contributed by atoms with E-state index in [0.29, 0.717) is 24.9 Å². The maximum absolute atomic E-state index is 10.7.